The predicted octanol–water partition coefficient (Wildman–Crippen LogP) is -0.0844. The van der Waals surface area contributed by atoms with Crippen molar-refractivity contribution in [1.82, 2.24) is 15.5 Å². The van der Waals surface area contributed by atoms with E-state index in [1.165, 1.54) is 0 Å². The Balaban J connectivity index is 3.57. The van der Waals surface area contributed by atoms with Crippen molar-refractivity contribution in [2.24, 2.45) is 4.99 Å². The Morgan fingerprint density at radius 3 is 2.75 bits per heavy atom. The van der Waals surface area contributed by atoms with Crippen molar-refractivity contribution in [2.45, 2.75) is 0 Å². The Morgan fingerprint density at radius 1 is 1.44 bits per heavy atom. The van der Waals surface area contributed by atoms with Crippen molar-refractivity contribution in [3.8, 4) is 0 Å². The fourth-order valence-corrected chi connectivity index (χ4v) is 1.11. The molecule has 0 atom stereocenters. The lowest BCUT2D eigenvalue weighted by atomic mass is 10.5. The summed E-state index contributed by atoms with van der Waals surface area (Å²) in [4.78, 5) is 6.29. The van der Waals surface area contributed by atoms with Crippen LogP contribution in [0.5, 0.6) is 0 Å². The molecule has 94 valence electrons. The first-order chi connectivity index (χ1) is 7.74. The first-order valence-corrected chi connectivity index (χ1v) is 5.47. The smallest absolute Gasteiger partial charge is 0.191 e. The van der Waals surface area contributed by atoms with Crippen LogP contribution in [0.15, 0.2) is 17.6 Å². The zero-order valence-electron chi connectivity index (χ0n) is 10.6. The minimum Gasteiger partial charge on any atom is -0.383 e. The molecule has 0 radical (unpaired) electrons. The molecule has 0 unspecified atom stereocenters. The summed E-state index contributed by atoms with van der Waals surface area (Å²) >= 11 is 0. The van der Waals surface area contributed by atoms with Crippen molar-refractivity contribution in [2.75, 3.05) is 54.0 Å². The van der Waals surface area contributed by atoms with E-state index >= 15 is 0 Å². The first kappa shape index (κ1) is 14.9. The lowest BCUT2D eigenvalue weighted by Gasteiger charge is -2.17. The van der Waals surface area contributed by atoms with E-state index in [1.54, 1.807) is 20.2 Å². The topological polar surface area (TPSA) is 48.9 Å². The molecule has 0 aliphatic rings. The van der Waals surface area contributed by atoms with Crippen LogP contribution in [0.3, 0.4) is 0 Å². The van der Waals surface area contributed by atoms with Gasteiger partial charge in [0.25, 0.3) is 0 Å². The molecule has 0 aliphatic heterocycles. The van der Waals surface area contributed by atoms with Crippen molar-refractivity contribution < 1.29 is 4.74 Å². The van der Waals surface area contributed by atoms with Crippen LogP contribution in [0.2, 0.25) is 0 Å². The lowest BCUT2D eigenvalue weighted by molar-refractivity contribution is 0.162. The van der Waals surface area contributed by atoms with Gasteiger partial charge in [-0.1, -0.05) is 6.08 Å². The molecule has 0 aromatic heterocycles. The molecule has 5 nitrogen and oxygen atoms in total. The molecule has 0 heterocycles. The largest absolute Gasteiger partial charge is 0.383 e. The molecule has 0 saturated carbocycles. The Labute approximate surface area is 98.6 Å². The van der Waals surface area contributed by atoms with Crippen LogP contribution in [0.1, 0.15) is 0 Å². The van der Waals surface area contributed by atoms with Gasteiger partial charge in [-0.15, -0.1) is 6.58 Å². The second-order valence-corrected chi connectivity index (χ2v) is 3.46. The number of hydrogen-bond acceptors (Lipinski definition) is 3. The van der Waals surface area contributed by atoms with Gasteiger partial charge in [-0.3, -0.25) is 4.99 Å². The molecule has 0 rings (SSSR count). The normalized spacial score (nSPS) is 11.6. The van der Waals surface area contributed by atoms with Crippen LogP contribution in [0.25, 0.3) is 0 Å². The highest BCUT2D eigenvalue weighted by atomic mass is 16.5. The van der Waals surface area contributed by atoms with Crippen molar-refractivity contribution in [3.05, 3.63) is 12.7 Å². The third kappa shape index (κ3) is 8.26. The average molecular weight is 228 g/mol. The standard InChI is InChI=1S/C11H24N4O/c1-5-6-13-11(12-2)14-7-8-15(3)9-10-16-4/h5H,1,6-10H2,2-4H3,(H2,12,13,14). The molecule has 0 aromatic carbocycles. The minimum absolute atomic E-state index is 0.721. The van der Waals surface area contributed by atoms with Gasteiger partial charge in [0, 0.05) is 40.3 Å². The van der Waals surface area contributed by atoms with Gasteiger partial charge in [-0.25, -0.2) is 0 Å². The van der Waals surface area contributed by atoms with Crippen LogP contribution in [-0.4, -0.2) is 64.9 Å². The number of methoxy groups -OCH3 is 1. The Morgan fingerprint density at radius 2 is 2.19 bits per heavy atom. The summed E-state index contributed by atoms with van der Waals surface area (Å²) in [5.41, 5.74) is 0. The van der Waals surface area contributed by atoms with Gasteiger partial charge in [-0.2, -0.15) is 0 Å². The quantitative estimate of drug-likeness (QED) is 0.346. The summed E-state index contributed by atoms with van der Waals surface area (Å²) in [6.07, 6.45) is 1.80. The van der Waals surface area contributed by atoms with Crippen LogP contribution < -0.4 is 10.6 Å². The predicted molar refractivity (Wildman–Crippen MR) is 68.9 cm³/mol. The van der Waals surface area contributed by atoms with E-state index in [1.807, 2.05) is 0 Å². The zero-order valence-corrected chi connectivity index (χ0v) is 10.6. The van der Waals surface area contributed by atoms with Gasteiger partial charge in [0.05, 0.1) is 6.61 Å². The first-order valence-electron chi connectivity index (χ1n) is 5.47. The molecule has 0 amide bonds. The number of ether oxygens (including phenoxy) is 1. The molecular weight excluding hydrogens is 204 g/mol. The number of likely N-dealkylation sites (N-methyl/N-ethyl adjacent to an activating group) is 1. The van der Waals surface area contributed by atoms with E-state index in [2.05, 4.69) is 34.2 Å². The van der Waals surface area contributed by atoms with E-state index in [4.69, 9.17) is 4.74 Å². The van der Waals surface area contributed by atoms with Crippen LogP contribution in [0.4, 0.5) is 0 Å². The molecule has 0 aromatic rings. The summed E-state index contributed by atoms with van der Waals surface area (Å²) < 4.78 is 5.00. The van der Waals surface area contributed by atoms with Crippen LogP contribution >= 0.6 is 0 Å². The minimum atomic E-state index is 0.721. The molecule has 2 N–H and O–H groups in total. The third-order valence-electron chi connectivity index (χ3n) is 2.10. The maximum atomic E-state index is 5.00. The van der Waals surface area contributed by atoms with E-state index in [9.17, 15) is 0 Å². The SMILES string of the molecule is C=CCNC(=NC)NCCN(C)CCOC. The number of aliphatic imine (C=N–C) groups is 1. The number of guanidine groups is 1. The van der Waals surface area contributed by atoms with E-state index in [0.29, 0.717) is 0 Å². The van der Waals surface area contributed by atoms with Gasteiger partial charge in [-0.05, 0) is 7.05 Å². The number of nitrogens with zero attached hydrogens (tertiary/aromatic N) is 2. The molecule has 16 heavy (non-hydrogen) atoms. The molecule has 0 aliphatic carbocycles. The number of rotatable bonds is 8. The fraction of sp³-hybridized carbons (Fsp3) is 0.727. The molecule has 5 heteroatoms. The Bertz CT molecular complexity index is 206. The summed E-state index contributed by atoms with van der Waals surface area (Å²) in [5.74, 6) is 0.806. The number of nitrogens with one attached hydrogen (secondary N) is 2. The Kier molecular flexibility index (Phi) is 9.75. The molecule has 0 spiro atoms. The molecule has 0 fully saturated rings. The van der Waals surface area contributed by atoms with Crippen molar-refractivity contribution in [3.63, 3.8) is 0 Å². The third-order valence-corrected chi connectivity index (χ3v) is 2.10. The summed E-state index contributed by atoms with van der Waals surface area (Å²) in [6, 6.07) is 0. The highest BCUT2D eigenvalue weighted by molar-refractivity contribution is 5.79. The summed E-state index contributed by atoms with van der Waals surface area (Å²) in [5, 5.41) is 6.33. The zero-order chi connectivity index (χ0) is 12.2. The van der Waals surface area contributed by atoms with Crippen molar-refractivity contribution >= 4 is 5.96 Å². The molecular formula is C11H24N4O. The van der Waals surface area contributed by atoms with Crippen LogP contribution in [-0.2, 0) is 4.74 Å². The number of hydrogen-bond donors (Lipinski definition) is 2. The molecule has 0 saturated heterocycles. The van der Waals surface area contributed by atoms with E-state index in [-0.39, 0.29) is 0 Å². The summed E-state index contributed by atoms with van der Waals surface area (Å²) in [7, 11) is 5.54. The second-order valence-electron chi connectivity index (χ2n) is 3.46. The Hall–Kier alpha value is -1.07. The average Bonchev–Trinajstić information content (AvgIpc) is 2.30. The van der Waals surface area contributed by atoms with Gasteiger partial charge in [0.15, 0.2) is 5.96 Å². The monoisotopic (exact) mass is 228 g/mol. The van der Waals surface area contributed by atoms with Gasteiger partial charge < -0.3 is 20.3 Å². The highest BCUT2D eigenvalue weighted by Gasteiger charge is 1.98. The lowest BCUT2D eigenvalue weighted by Crippen LogP contribution is -2.41. The second kappa shape index (κ2) is 10.4. The summed E-state index contributed by atoms with van der Waals surface area (Å²) in [6.45, 7) is 7.88. The maximum Gasteiger partial charge on any atom is 0.191 e. The van der Waals surface area contributed by atoms with Gasteiger partial charge >= 0.3 is 0 Å². The van der Waals surface area contributed by atoms with E-state index in [0.717, 1.165) is 38.7 Å². The van der Waals surface area contributed by atoms with Crippen molar-refractivity contribution in [1.29, 1.82) is 0 Å². The van der Waals surface area contributed by atoms with Gasteiger partial charge in [0.1, 0.15) is 0 Å². The fourth-order valence-electron chi connectivity index (χ4n) is 1.11. The van der Waals surface area contributed by atoms with E-state index < -0.39 is 0 Å². The van der Waals surface area contributed by atoms with Crippen LogP contribution in [0, 0.1) is 0 Å². The van der Waals surface area contributed by atoms with Gasteiger partial charge in [0.2, 0.25) is 0 Å². The molecule has 0 bridgehead atoms. The maximum absolute atomic E-state index is 5.00. The highest BCUT2D eigenvalue weighted by Crippen LogP contribution is 1.81.